The van der Waals surface area contributed by atoms with Gasteiger partial charge in [-0.05, 0) is 38.9 Å². The predicted molar refractivity (Wildman–Crippen MR) is 98.2 cm³/mol. The molecule has 0 aromatic carbocycles. The number of hydrogen-bond acceptors (Lipinski definition) is 6. The van der Waals surface area contributed by atoms with Crippen LogP contribution in [0.5, 0.6) is 0 Å². The highest BCUT2D eigenvalue weighted by molar-refractivity contribution is 7.89. The minimum absolute atomic E-state index is 0.0890. The van der Waals surface area contributed by atoms with Gasteiger partial charge in [-0.15, -0.1) is 0 Å². The summed E-state index contributed by atoms with van der Waals surface area (Å²) in [7, 11) is -3.29. The summed E-state index contributed by atoms with van der Waals surface area (Å²) in [4.78, 5) is 16.4. The molecule has 1 amide bonds. The average molecular weight is 382 g/mol. The van der Waals surface area contributed by atoms with Gasteiger partial charge in [-0.3, -0.25) is 4.79 Å². The van der Waals surface area contributed by atoms with Gasteiger partial charge in [0.15, 0.2) is 0 Å². The number of carbonyl (C=O) groups excluding carboxylic acids is 1. The Labute approximate surface area is 155 Å². The van der Waals surface area contributed by atoms with Crippen molar-refractivity contribution in [1.29, 1.82) is 0 Å². The second-order valence-corrected chi connectivity index (χ2v) is 9.12. The zero-order valence-corrected chi connectivity index (χ0v) is 16.1. The molecular weight excluding hydrogens is 354 g/mol. The Morgan fingerprint density at radius 1 is 1.23 bits per heavy atom. The van der Waals surface area contributed by atoms with Gasteiger partial charge in [0.25, 0.3) is 5.91 Å². The monoisotopic (exact) mass is 381 g/mol. The molecule has 2 saturated heterocycles. The van der Waals surface area contributed by atoms with E-state index in [1.807, 2.05) is 0 Å². The lowest BCUT2D eigenvalue weighted by atomic mass is 10.1. The molecule has 8 nitrogen and oxygen atoms in total. The van der Waals surface area contributed by atoms with Crippen molar-refractivity contribution in [3.63, 3.8) is 0 Å². The lowest BCUT2D eigenvalue weighted by Gasteiger charge is -2.45. The molecule has 2 aliphatic heterocycles. The van der Waals surface area contributed by atoms with Crippen LogP contribution in [0, 0.1) is 0 Å². The molecule has 0 N–H and O–H groups in total. The van der Waals surface area contributed by atoms with Crippen LogP contribution in [0.1, 0.15) is 36.5 Å². The fourth-order valence-corrected chi connectivity index (χ4v) is 4.82. The minimum Gasteiger partial charge on any atom is -0.335 e. The molecular formula is C17H27N5O3S. The number of nitrogens with zero attached hydrogens (tertiary/aromatic N) is 5. The van der Waals surface area contributed by atoms with Gasteiger partial charge in [0.2, 0.25) is 10.0 Å². The van der Waals surface area contributed by atoms with E-state index < -0.39 is 10.0 Å². The summed E-state index contributed by atoms with van der Waals surface area (Å²) in [5.74, 6) is -0.0350. The van der Waals surface area contributed by atoms with E-state index in [1.165, 1.54) is 31.7 Å². The van der Waals surface area contributed by atoms with Crippen LogP contribution in [-0.4, -0.2) is 89.7 Å². The van der Waals surface area contributed by atoms with Gasteiger partial charge in [0.1, 0.15) is 0 Å². The zero-order chi connectivity index (χ0) is 18.6. The number of likely N-dealkylation sites (tertiary alicyclic amines) is 2. The Kier molecular flexibility index (Phi) is 6.20. The summed E-state index contributed by atoms with van der Waals surface area (Å²) < 4.78 is 26.7. The molecule has 0 saturated carbocycles. The number of rotatable bonds is 7. The molecule has 2 aliphatic rings. The molecule has 0 atom stereocenters. The van der Waals surface area contributed by atoms with Gasteiger partial charge >= 0.3 is 0 Å². The molecule has 3 heterocycles. The van der Waals surface area contributed by atoms with Crippen molar-refractivity contribution < 1.29 is 13.2 Å². The van der Waals surface area contributed by atoms with Crippen LogP contribution in [0.25, 0.3) is 0 Å². The van der Waals surface area contributed by atoms with Crippen molar-refractivity contribution in [3.05, 3.63) is 24.0 Å². The molecule has 0 aliphatic carbocycles. The maximum Gasteiger partial charge on any atom is 0.255 e. The first-order valence-corrected chi connectivity index (χ1v) is 10.9. The Bertz CT molecular complexity index is 700. The molecule has 2 fully saturated rings. The normalized spacial score (nSPS) is 19.5. The second-order valence-electron chi connectivity index (χ2n) is 6.91. The van der Waals surface area contributed by atoms with E-state index in [9.17, 15) is 13.2 Å². The summed E-state index contributed by atoms with van der Waals surface area (Å²) in [5, 5.41) is 7.40. The van der Waals surface area contributed by atoms with Crippen LogP contribution in [0.2, 0.25) is 0 Å². The van der Waals surface area contributed by atoms with Crippen LogP contribution in [0.4, 0.5) is 0 Å². The molecule has 3 rings (SSSR count). The number of sulfonamides is 1. The molecule has 1 aromatic rings. The highest BCUT2D eigenvalue weighted by Gasteiger charge is 2.39. The molecule has 26 heavy (non-hydrogen) atoms. The largest absolute Gasteiger partial charge is 0.335 e. The van der Waals surface area contributed by atoms with Gasteiger partial charge in [0.05, 0.1) is 29.8 Å². The van der Waals surface area contributed by atoms with Gasteiger partial charge < -0.3 is 9.80 Å². The van der Waals surface area contributed by atoms with Crippen molar-refractivity contribution in [3.8, 4) is 0 Å². The summed E-state index contributed by atoms with van der Waals surface area (Å²) >= 11 is 0. The van der Waals surface area contributed by atoms with Crippen molar-refractivity contribution >= 4 is 15.9 Å². The molecule has 9 heteroatoms. The number of carbonyl (C=O) groups is 1. The molecule has 0 unspecified atom stereocenters. The van der Waals surface area contributed by atoms with Gasteiger partial charge in [-0.1, -0.05) is 6.42 Å². The van der Waals surface area contributed by atoms with Crippen LogP contribution in [0.3, 0.4) is 0 Å². The van der Waals surface area contributed by atoms with Gasteiger partial charge in [0, 0.05) is 26.2 Å². The molecule has 0 radical (unpaired) electrons. The zero-order valence-electron chi connectivity index (χ0n) is 15.2. The van der Waals surface area contributed by atoms with E-state index in [1.54, 1.807) is 22.2 Å². The number of piperidine rings is 1. The molecule has 1 aromatic heterocycles. The topological polar surface area (TPSA) is 86.7 Å². The SMILES string of the molecule is CCS(=O)(=O)N(CCN1CCCCC1)C1CN(C(=O)c2ccnnc2)C1. The van der Waals surface area contributed by atoms with E-state index in [0.717, 1.165) is 19.6 Å². The highest BCUT2D eigenvalue weighted by atomic mass is 32.2. The van der Waals surface area contributed by atoms with Gasteiger partial charge in [-0.25, -0.2) is 8.42 Å². The van der Waals surface area contributed by atoms with E-state index >= 15 is 0 Å². The first kappa shape index (κ1) is 19.2. The second kappa shape index (κ2) is 8.41. The Balaban J connectivity index is 1.59. The number of aromatic nitrogens is 2. The third-order valence-corrected chi connectivity index (χ3v) is 7.12. The average Bonchev–Trinajstić information content (AvgIpc) is 2.64. The Hall–Kier alpha value is -1.58. The van der Waals surface area contributed by atoms with Crippen molar-refractivity contribution in [2.24, 2.45) is 0 Å². The first-order chi connectivity index (χ1) is 12.5. The van der Waals surface area contributed by atoms with E-state index in [-0.39, 0.29) is 17.7 Å². The standard InChI is InChI=1S/C17H27N5O3S/c1-2-26(24,25)22(11-10-20-8-4-3-5-9-20)16-13-21(14-16)17(23)15-6-7-18-19-12-15/h6-7,12,16H,2-5,8-11,13-14H2,1H3. The van der Waals surface area contributed by atoms with Gasteiger partial charge in [-0.2, -0.15) is 14.5 Å². The quantitative estimate of drug-likeness (QED) is 0.681. The maximum absolute atomic E-state index is 12.5. The summed E-state index contributed by atoms with van der Waals surface area (Å²) in [5.41, 5.74) is 0.483. The fourth-order valence-electron chi connectivity index (χ4n) is 3.54. The van der Waals surface area contributed by atoms with Crippen LogP contribution >= 0.6 is 0 Å². The molecule has 0 bridgehead atoms. The van der Waals surface area contributed by atoms with Crippen molar-refractivity contribution in [2.75, 3.05) is 45.0 Å². The minimum atomic E-state index is -3.29. The smallest absolute Gasteiger partial charge is 0.255 e. The summed E-state index contributed by atoms with van der Waals surface area (Å²) in [6.07, 6.45) is 6.55. The number of amides is 1. The van der Waals surface area contributed by atoms with Crippen LogP contribution < -0.4 is 0 Å². The summed E-state index contributed by atoms with van der Waals surface area (Å²) in [6.45, 7) is 5.89. The molecule has 144 valence electrons. The Morgan fingerprint density at radius 3 is 2.58 bits per heavy atom. The third kappa shape index (κ3) is 4.39. The highest BCUT2D eigenvalue weighted by Crippen LogP contribution is 2.21. The van der Waals surface area contributed by atoms with E-state index in [2.05, 4.69) is 15.1 Å². The third-order valence-electron chi connectivity index (χ3n) is 5.20. The lowest BCUT2D eigenvalue weighted by Crippen LogP contribution is -2.63. The number of hydrogen-bond donors (Lipinski definition) is 0. The fraction of sp³-hybridized carbons (Fsp3) is 0.706. The molecule has 0 spiro atoms. The Morgan fingerprint density at radius 2 is 1.96 bits per heavy atom. The van der Waals surface area contributed by atoms with Crippen molar-refractivity contribution in [2.45, 2.75) is 32.2 Å². The predicted octanol–water partition coefficient (Wildman–Crippen LogP) is 0.439. The van der Waals surface area contributed by atoms with E-state index in [0.29, 0.717) is 25.2 Å². The summed E-state index contributed by atoms with van der Waals surface area (Å²) in [6, 6.07) is 1.49. The lowest BCUT2D eigenvalue weighted by molar-refractivity contribution is 0.0435. The van der Waals surface area contributed by atoms with E-state index in [4.69, 9.17) is 0 Å². The maximum atomic E-state index is 12.5. The van der Waals surface area contributed by atoms with Crippen molar-refractivity contribution in [1.82, 2.24) is 24.3 Å². The van der Waals surface area contributed by atoms with Crippen LogP contribution in [0.15, 0.2) is 18.5 Å². The van der Waals surface area contributed by atoms with Crippen LogP contribution in [-0.2, 0) is 10.0 Å². The first-order valence-electron chi connectivity index (χ1n) is 9.29.